The summed E-state index contributed by atoms with van der Waals surface area (Å²) in [6.07, 6.45) is -7.16. The van der Waals surface area contributed by atoms with Crippen molar-refractivity contribution in [2.45, 2.75) is 63.0 Å². The summed E-state index contributed by atoms with van der Waals surface area (Å²) < 4.78 is 4.74. The molecule has 0 aromatic rings. The van der Waals surface area contributed by atoms with E-state index in [1.54, 1.807) is 0 Å². The summed E-state index contributed by atoms with van der Waals surface area (Å²) in [6.45, 7) is 2.88. The second-order valence-corrected chi connectivity index (χ2v) is 5.88. The Balaban J connectivity index is 3.86. The first kappa shape index (κ1) is 20.5. The van der Waals surface area contributed by atoms with Gasteiger partial charge in [0.1, 0.15) is 12.2 Å². The van der Waals surface area contributed by atoms with Crippen molar-refractivity contribution in [1.82, 2.24) is 0 Å². The third kappa shape index (κ3) is 2.26. The number of hydrogen-bond donors (Lipinski definition) is 5. The van der Waals surface area contributed by atoms with Gasteiger partial charge in [0.15, 0.2) is 35.0 Å². The summed E-state index contributed by atoms with van der Waals surface area (Å²) in [5.74, 6) is -5.24. The van der Waals surface area contributed by atoms with Gasteiger partial charge in [-0.3, -0.25) is 19.2 Å². The predicted molar refractivity (Wildman–Crippen MR) is 74.5 cm³/mol. The molecular weight excluding hydrogens is 328 g/mol. The normalized spacial score (nSPS) is 40.7. The fourth-order valence-corrected chi connectivity index (χ4v) is 2.95. The minimum atomic E-state index is -3.57. The van der Waals surface area contributed by atoms with E-state index in [0.717, 1.165) is 6.92 Å². The smallest absolute Gasteiger partial charge is 0.213 e. The average molecular weight is 348 g/mol. The number of ketones is 4. The van der Waals surface area contributed by atoms with Crippen molar-refractivity contribution in [3.05, 3.63) is 0 Å². The lowest BCUT2D eigenvalue weighted by molar-refractivity contribution is -0.364. The molecule has 1 aliphatic rings. The van der Waals surface area contributed by atoms with Crippen LogP contribution >= 0.6 is 0 Å². The lowest BCUT2D eigenvalue weighted by Gasteiger charge is -2.57. The molecule has 0 radical (unpaired) electrons. The van der Waals surface area contributed by atoms with Crippen LogP contribution in [0.3, 0.4) is 0 Å². The van der Waals surface area contributed by atoms with Gasteiger partial charge in [0.25, 0.3) is 0 Å². The lowest BCUT2D eigenvalue weighted by atomic mass is 9.60. The van der Waals surface area contributed by atoms with Crippen molar-refractivity contribution in [2.24, 2.45) is 0 Å². The quantitative estimate of drug-likeness (QED) is 0.336. The Morgan fingerprint density at radius 3 is 1.58 bits per heavy atom. The van der Waals surface area contributed by atoms with E-state index in [9.17, 15) is 44.7 Å². The summed E-state index contributed by atoms with van der Waals surface area (Å²) >= 11 is 0. The Kier molecular flexibility index (Phi) is 5.17. The molecule has 5 N–H and O–H groups in total. The number of aliphatic hydroxyl groups excluding tert-OH is 2. The molecule has 1 fully saturated rings. The van der Waals surface area contributed by atoms with Crippen LogP contribution in [0.4, 0.5) is 0 Å². The molecule has 1 saturated heterocycles. The zero-order chi connectivity index (χ0) is 19.2. The molecule has 1 unspecified atom stereocenters. The van der Waals surface area contributed by atoms with Crippen molar-refractivity contribution in [3.8, 4) is 0 Å². The predicted octanol–water partition coefficient (Wildman–Crippen LogP) is -3.39. The van der Waals surface area contributed by atoms with Crippen molar-refractivity contribution >= 4 is 23.1 Å². The molecule has 0 aromatic heterocycles. The number of hydrogen-bond acceptors (Lipinski definition) is 10. The van der Waals surface area contributed by atoms with E-state index >= 15 is 0 Å². The number of carbonyl (C=O) groups excluding carboxylic acids is 4. The second kappa shape index (κ2) is 6.06. The van der Waals surface area contributed by atoms with E-state index in [1.165, 1.54) is 0 Å². The Morgan fingerprint density at radius 2 is 1.29 bits per heavy atom. The van der Waals surface area contributed by atoms with E-state index in [-0.39, 0.29) is 0 Å². The first-order chi connectivity index (χ1) is 10.7. The summed E-state index contributed by atoms with van der Waals surface area (Å²) in [4.78, 5) is 47.3. The van der Waals surface area contributed by atoms with Crippen LogP contribution in [0.25, 0.3) is 0 Å². The number of Topliss-reactive ketones (excluding diaryl/α,β-unsaturated/α-hetero) is 4. The molecule has 0 aromatic carbocycles. The fraction of sp³-hybridized carbons (Fsp3) is 0.714. The number of carbonyl (C=O) groups is 4. The molecule has 0 aliphatic carbocycles. The zero-order valence-electron chi connectivity index (χ0n) is 13.5. The number of rotatable bonds is 5. The highest BCUT2D eigenvalue weighted by Gasteiger charge is 2.79. The van der Waals surface area contributed by atoms with Crippen molar-refractivity contribution in [1.29, 1.82) is 0 Å². The third-order valence-corrected chi connectivity index (χ3v) is 4.43. The maximum absolute atomic E-state index is 12.0. The lowest BCUT2D eigenvalue weighted by Crippen LogP contribution is -2.87. The Bertz CT molecular complexity index is 600. The maximum Gasteiger partial charge on any atom is 0.213 e. The average Bonchev–Trinajstić information content (AvgIpc) is 2.46. The van der Waals surface area contributed by atoms with Gasteiger partial charge in [0.2, 0.25) is 11.2 Å². The first-order valence-corrected chi connectivity index (χ1v) is 6.92. The molecule has 1 rings (SSSR count). The van der Waals surface area contributed by atoms with Crippen LogP contribution in [0.1, 0.15) is 27.7 Å². The van der Waals surface area contributed by atoms with Crippen molar-refractivity contribution < 1.29 is 49.4 Å². The van der Waals surface area contributed by atoms with E-state index in [4.69, 9.17) is 4.74 Å². The molecule has 1 heterocycles. The highest BCUT2D eigenvalue weighted by atomic mass is 16.7. The van der Waals surface area contributed by atoms with E-state index in [1.807, 2.05) is 0 Å². The molecule has 1 aliphatic heterocycles. The Hall–Kier alpha value is -1.56. The molecule has 24 heavy (non-hydrogen) atoms. The van der Waals surface area contributed by atoms with Gasteiger partial charge in [0, 0.05) is 0 Å². The largest absolute Gasteiger partial charge is 0.382 e. The van der Waals surface area contributed by atoms with Gasteiger partial charge in [-0.2, -0.15) is 0 Å². The third-order valence-electron chi connectivity index (χ3n) is 4.43. The summed E-state index contributed by atoms with van der Waals surface area (Å²) in [5.41, 5.74) is -10.4. The van der Waals surface area contributed by atoms with Crippen LogP contribution in [0.5, 0.6) is 0 Å². The molecule has 0 amide bonds. The highest BCUT2D eigenvalue weighted by Crippen LogP contribution is 2.46. The standard InChI is InChI=1S/C14H20O10/c1-5(15)9(19)10-12(21,6(2)16)14(23,8(4)18)13(22,7(3)17)11(20)24-10/h9-11,19-23H,1-4H3/t9?,10-,11+,12+,13+,14+/m1/s1. The second-order valence-electron chi connectivity index (χ2n) is 5.88. The first-order valence-electron chi connectivity index (χ1n) is 6.92. The maximum atomic E-state index is 12.0. The molecule has 0 bridgehead atoms. The van der Waals surface area contributed by atoms with Gasteiger partial charge in [-0.05, 0) is 27.7 Å². The van der Waals surface area contributed by atoms with Gasteiger partial charge in [-0.25, -0.2) is 0 Å². The van der Waals surface area contributed by atoms with Crippen LogP contribution in [0.2, 0.25) is 0 Å². The molecular formula is C14H20O10. The van der Waals surface area contributed by atoms with Crippen LogP contribution < -0.4 is 0 Å². The van der Waals surface area contributed by atoms with Gasteiger partial charge in [0.05, 0.1) is 0 Å². The number of ether oxygens (including phenoxy) is 1. The van der Waals surface area contributed by atoms with E-state index < -0.39 is 58.4 Å². The molecule has 136 valence electrons. The van der Waals surface area contributed by atoms with Crippen LogP contribution in [-0.4, -0.2) is 84.0 Å². The Morgan fingerprint density at radius 1 is 0.875 bits per heavy atom. The number of aliphatic hydroxyl groups is 5. The molecule has 6 atom stereocenters. The van der Waals surface area contributed by atoms with Crippen LogP contribution in [0, 0.1) is 0 Å². The van der Waals surface area contributed by atoms with Gasteiger partial charge >= 0.3 is 0 Å². The molecule has 10 nitrogen and oxygen atoms in total. The van der Waals surface area contributed by atoms with Gasteiger partial charge in [-0.1, -0.05) is 0 Å². The molecule has 10 heteroatoms. The molecule has 0 spiro atoms. The van der Waals surface area contributed by atoms with Gasteiger partial charge < -0.3 is 30.3 Å². The van der Waals surface area contributed by atoms with E-state index in [2.05, 4.69) is 0 Å². The van der Waals surface area contributed by atoms with Crippen LogP contribution in [-0.2, 0) is 23.9 Å². The topological polar surface area (TPSA) is 179 Å². The Labute approximate surface area is 136 Å². The van der Waals surface area contributed by atoms with Crippen LogP contribution in [0.15, 0.2) is 0 Å². The monoisotopic (exact) mass is 348 g/mol. The highest BCUT2D eigenvalue weighted by molar-refractivity contribution is 6.05. The minimum Gasteiger partial charge on any atom is -0.382 e. The summed E-state index contributed by atoms with van der Waals surface area (Å²) in [6, 6.07) is 0. The van der Waals surface area contributed by atoms with Crippen molar-refractivity contribution in [3.63, 3.8) is 0 Å². The van der Waals surface area contributed by atoms with Gasteiger partial charge in [-0.15, -0.1) is 0 Å². The fourth-order valence-electron chi connectivity index (χ4n) is 2.95. The van der Waals surface area contributed by atoms with E-state index in [0.29, 0.717) is 20.8 Å². The molecule has 0 saturated carbocycles. The van der Waals surface area contributed by atoms with Crippen molar-refractivity contribution in [2.75, 3.05) is 0 Å². The minimum absolute atomic E-state index is 0.650. The zero-order valence-corrected chi connectivity index (χ0v) is 13.5. The SMILES string of the molecule is CC(=O)C(O)[C@H]1O[C@H](O)[C@@](O)(C(C)=O)[C@](O)(C(C)=O)[C@]1(O)C(C)=O. The summed E-state index contributed by atoms with van der Waals surface area (Å²) in [7, 11) is 0. The summed E-state index contributed by atoms with van der Waals surface area (Å²) in [5, 5.41) is 51.8.